The number of hydrogen-bond donors (Lipinski definition) is 5. The second-order valence-electron chi connectivity index (χ2n) is 12.7. The van der Waals surface area contributed by atoms with Gasteiger partial charge in [0.25, 0.3) is 0 Å². The fourth-order valence-electron chi connectivity index (χ4n) is 5.78. The number of aliphatic hydroxyl groups excluding tert-OH is 4. The van der Waals surface area contributed by atoms with Gasteiger partial charge in [0.2, 0.25) is 0 Å². The molecule has 242 valence electrons. The van der Waals surface area contributed by atoms with Crippen LogP contribution in [0.3, 0.4) is 0 Å². The monoisotopic (exact) mass is 572 g/mol. The summed E-state index contributed by atoms with van der Waals surface area (Å²) in [5.74, 6) is -0.187. The van der Waals surface area contributed by atoms with E-state index in [2.05, 4.69) is 19.2 Å². The SMILES string of the molecule is CCCCCCCCCCCCCCCCCCCCCCC(O)C(O)NC(CO)C(C)C(O)CCCCCC. The van der Waals surface area contributed by atoms with Crippen LogP contribution in [-0.2, 0) is 0 Å². The normalized spacial score (nSPS) is 15.7. The zero-order chi connectivity index (χ0) is 29.7. The minimum atomic E-state index is -1.08. The highest BCUT2D eigenvalue weighted by molar-refractivity contribution is 4.81. The van der Waals surface area contributed by atoms with Crippen LogP contribution in [0.4, 0.5) is 0 Å². The van der Waals surface area contributed by atoms with Crippen LogP contribution in [0.1, 0.15) is 188 Å². The summed E-state index contributed by atoms with van der Waals surface area (Å²) in [7, 11) is 0. The van der Waals surface area contributed by atoms with Gasteiger partial charge in [0, 0.05) is 6.04 Å². The Kier molecular flexibility index (Phi) is 30.1. The van der Waals surface area contributed by atoms with Crippen molar-refractivity contribution in [2.24, 2.45) is 5.92 Å². The predicted octanol–water partition coefficient (Wildman–Crippen LogP) is 8.80. The van der Waals surface area contributed by atoms with Crippen molar-refractivity contribution >= 4 is 0 Å². The van der Waals surface area contributed by atoms with Gasteiger partial charge in [-0.15, -0.1) is 0 Å². The molecule has 0 aromatic rings. The van der Waals surface area contributed by atoms with E-state index >= 15 is 0 Å². The molecule has 5 atom stereocenters. The Morgan fingerprint density at radius 1 is 0.450 bits per heavy atom. The van der Waals surface area contributed by atoms with Gasteiger partial charge in [-0.05, 0) is 18.8 Å². The molecule has 0 aliphatic heterocycles. The maximum Gasteiger partial charge on any atom is 0.131 e. The molecule has 0 saturated carbocycles. The van der Waals surface area contributed by atoms with E-state index in [-0.39, 0.29) is 12.5 Å². The second-order valence-corrected chi connectivity index (χ2v) is 12.7. The summed E-state index contributed by atoms with van der Waals surface area (Å²) in [5.41, 5.74) is 0. The van der Waals surface area contributed by atoms with Crippen molar-refractivity contribution in [3.05, 3.63) is 0 Å². The largest absolute Gasteiger partial charge is 0.395 e. The maximum atomic E-state index is 10.5. The summed E-state index contributed by atoms with van der Waals surface area (Å²) in [5, 5.41) is 44.0. The van der Waals surface area contributed by atoms with Crippen LogP contribution < -0.4 is 5.32 Å². The molecule has 0 heterocycles. The lowest BCUT2D eigenvalue weighted by Crippen LogP contribution is -2.51. The van der Waals surface area contributed by atoms with Gasteiger partial charge in [0.05, 0.1) is 18.8 Å². The molecule has 0 fully saturated rings. The lowest BCUT2D eigenvalue weighted by atomic mass is 9.92. The third-order valence-corrected chi connectivity index (χ3v) is 8.89. The van der Waals surface area contributed by atoms with Gasteiger partial charge in [0.15, 0.2) is 0 Å². The van der Waals surface area contributed by atoms with Crippen molar-refractivity contribution in [2.45, 2.75) is 212 Å². The Hall–Kier alpha value is -0.200. The van der Waals surface area contributed by atoms with Crippen LogP contribution in [-0.4, -0.2) is 51.5 Å². The summed E-state index contributed by atoms with van der Waals surface area (Å²) in [4.78, 5) is 0. The first-order valence-corrected chi connectivity index (χ1v) is 17.9. The minimum Gasteiger partial charge on any atom is -0.395 e. The highest BCUT2D eigenvalue weighted by Gasteiger charge is 2.27. The zero-order valence-electron chi connectivity index (χ0n) is 27.3. The molecule has 0 saturated heterocycles. The van der Waals surface area contributed by atoms with Crippen LogP contribution in [0.2, 0.25) is 0 Å². The Morgan fingerprint density at radius 3 is 1.10 bits per heavy atom. The van der Waals surface area contributed by atoms with Gasteiger partial charge in [-0.3, -0.25) is 5.32 Å². The molecule has 0 aliphatic rings. The van der Waals surface area contributed by atoms with Crippen LogP contribution >= 0.6 is 0 Å². The maximum absolute atomic E-state index is 10.5. The fraction of sp³-hybridized carbons (Fsp3) is 1.00. The van der Waals surface area contributed by atoms with Crippen molar-refractivity contribution in [2.75, 3.05) is 6.61 Å². The Morgan fingerprint density at radius 2 is 0.750 bits per heavy atom. The standard InChI is InChI=1S/C35H73NO4/c1-4-6-8-10-11-12-13-14-15-16-17-18-19-20-21-22-23-24-25-27-29-34(39)35(40)36-32(30-37)31(3)33(38)28-26-9-7-5-2/h31-40H,4-30H2,1-3H3. The van der Waals surface area contributed by atoms with E-state index in [1.807, 2.05) is 6.92 Å². The van der Waals surface area contributed by atoms with Crippen molar-refractivity contribution in [3.63, 3.8) is 0 Å². The molecule has 40 heavy (non-hydrogen) atoms. The summed E-state index contributed by atoms with van der Waals surface area (Å²) >= 11 is 0. The van der Waals surface area contributed by atoms with Crippen molar-refractivity contribution in [1.82, 2.24) is 5.32 Å². The molecule has 5 N–H and O–H groups in total. The average molecular weight is 572 g/mol. The Balaban J connectivity index is 3.60. The van der Waals surface area contributed by atoms with Crippen molar-refractivity contribution in [3.8, 4) is 0 Å². The van der Waals surface area contributed by atoms with Crippen LogP contribution in [0.25, 0.3) is 0 Å². The quantitative estimate of drug-likeness (QED) is 0.0411. The molecular weight excluding hydrogens is 498 g/mol. The van der Waals surface area contributed by atoms with E-state index in [1.165, 1.54) is 122 Å². The molecule has 0 radical (unpaired) electrons. The fourth-order valence-corrected chi connectivity index (χ4v) is 5.78. The zero-order valence-corrected chi connectivity index (χ0v) is 27.3. The van der Waals surface area contributed by atoms with E-state index in [9.17, 15) is 20.4 Å². The van der Waals surface area contributed by atoms with E-state index in [0.29, 0.717) is 12.8 Å². The second kappa shape index (κ2) is 30.3. The predicted molar refractivity (Wildman–Crippen MR) is 173 cm³/mol. The number of rotatable bonds is 32. The third kappa shape index (κ3) is 24.4. The van der Waals surface area contributed by atoms with Gasteiger partial charge < -0.3 is 20.4 Å². The van der Waals surface area contributed by atoms with Crippen LogP contribution in [0.5, 0.6) is 0 Å². The molecule has 0 rings (SSSR count). The molecule has 5 unspecified atom stereocenters. The topological polar surface area (TPSA) is 93.0 Å². The molecule has 0 aliphatic carbocycles. The first-order valence-electron chi connectivity index (χ1n) is 17.9. The minimum absolute atomic E-state index is 0.170. The summed E-state index contributed by atoms with van der Waals surface area (Å²) in [6, 6.07) is -0.430. The van der Waals surface area contributed by atoms with Gasteiger partial charge in [0.1, 0.15) is 6.23 Å². The van der Waals surface area contributed by atoms with E-state index in [1.54, 1.807) is 0 Å². The molecule has 0 aromatic heterocycles. The number of aliphatic hydroxyl groups is 4. The van der Waals surface area contributed by atoms with Gasteiger partial charge >= 0.3 is 0 Å². The van der Waals surface area contributed by atoms with Crippen molar-refractivity contribution in [1.29, 1.82) is 0 Å². The van der Waals surface area contributed by atoms with Gasteiger partial charge in [-0.1, -0.05) is 175 Å². The van der Waals surface area contributed by atoms with E-state index in [0.717, 1.165) is 32.1 Å². The molecule has 0 amide bonds. The number of hydrogen-bond acceptors (Lipinski definition) is 5. The van der Waals surface area contributed by atoms with E-state index < -0.39 is 24.5 Å². The van der Waals surface area contributed by atoms with Gasteiger partial charge in [-0.2, -0.15) is 0 Å². The first kappa shape index (κ1) is 39.8. The number of unbranched alkanes of at least 4 members (excludes halogenated alkanes) is 22. The summed E-state index contributed by atoms with van der Waals surface area (Å²) in [6.07, 6.45) is 30.1. The van der Waals surface area contributed by atoms with Crippen LogP contribution in [0, 0.1) is 5.92 Å². The molecule has 0 aromatic carbocycles. The average Bonchev–Trinajstić information content (AvgIpc) is 2.96. The third-order valence-electron chi connectivity index (χ3n) is 8.89. The highest BCUT2D eigenvalue weighted by Crippen LogP contribution is 2.18. The Bertz CT molecular complexity index is 492. The Labute approximate surface area is 250 Å². The lowest BCUT2D eigenvalue weighted by Gasteiger charge is -2.31. The summed E-state index contributed by atoms with van der Waals surface area (Å²) in [6.45, 7) is 6.18. The number of nitrogens with one attached hydrogen (secondary N) is 1. The smallest absolute Gasteiger partial charge is 0.131 e. The molecule has 5 nitrogen and oxygen atoms in total. The van der Waals surface area contributed by atoms with Crippen LogP contribution in [0.15, 0.2) is 0 Å². The highest BCUT2D eigenvalue weighted by atomic mass is 16.3. The van der Waals surface area contributed by atoms with E-state index in [4.69, 9.17) is 0 Å². The lowest BCUT2D eigenvalue weighted by molar-refractivity contribution is -0.0328. The summed E-state index contributed by atoms with van der Waals surface area (Å²) < 4.78 is 0. The molecule has 5 heteroatoms. The van der Waals surface area contributed by atoms with Crippen molar-refractivity contribution < 1.29 is 20.4 Å². The van der Waals surface area contributed by atoms with Gasteiger partial charge in [-0.25, -0.2) is 0 Å². The first-order chi connectivity index (χ1) is 19.5. The molecule has 0 bridgehead atoms. The molecular formula is C35H73NO4. The molecule has 0 spiro atoms.